The zero-order chi connectivity index (χ0) is 25.7. The molecule has 2 aliphatic heterocycles. The van der Waals surface area contributed by atoms with Gasteiger partial charge >= 0.3 is 18.1 Å². The summed E-state index contributed by atoms with van der Waals surface area (Å²) < 4.78 is 10.7. The van der Waals surface area contributed by atoms with Gasteiger partial charge in [0, 0.05) is 25.8 Å². The summed E-state index contributed by atoms with van der Waals surface area (Å²) in [5.74, 6) is -0.770. The van der Waals surface area contributed by atoms with E-state index in [9.17, 15) is 19.2 Å². The molecule has 36 heavy (non-hydrogen) atoms. The minimum absolute atomic E-state index is 0.159. The van der Waals surface area contributed by atoms with Gasteiger partial charge in [-0.2, -0.15) is 0 Å². The molecule has 190 valence electrons. The van der Waals surface area contributed by atoms with Gasteiger partial charge in [-0.05, 0) is 49.1 Å². The Balaban J connectivity index is 1.46. The fraction of sp³-hybridized carbons (Fsp3) is 0.407. The van der Waals surface area contributed by atoms with E-state index in [2.05, 4.69) is 0 Å². The van der Waals surface area contributed by atoms with Crippen LogP contribution >= 0.6 is 0 Å². The lowest BCUT2D eigenvalue weighted by molar-refractivity contribution is -0.131. The number of anilines is 1. The Bertz CT molecular complexity index is 1110. The normalized spacial score (nSPS) is 17.0. The maximum atomic E-state index is 13.2. The highest BCUT2D eigenvalue weighted by molar-refractivity contribution is 6.16. The van der Waals surface area contributed by atoms with Gasteiger partial charge in [-0.3, -0.25) is 14.6 Å². The molecule has 4 amide bonds. The molecule has 0 atom stereocenters. The van der Waals surface area contributed by atoms with E-state index < -0.39 is 23.6 Å². The first kappa shape index (κ1) is 25.2. The second-order valence-corrected chi connectivity index (χ2v) is 9.08. The number of imide groups is 1. The number of carbonyl (C=O) groups excluding carboxylic acids is 4. The highest BCUT2D eigenvalue weighted by Gasteiger charge is 2.58. The quantitative estimate of drug-likeness (QED) is 0.326. The van der Waals surface area contributed by atoms with E-state index in [4.69, 9.17) is 9.47 Å². The number of esters is 1. The molecule has 0 aliphatic carbocycles. The molecule has 2 aliphatic rings. The minimum atomic E-state index is -1.08. The number of unbranched alkanes of at least 4 members (excludes halogenated alkanes) is 1. The molecule has 1 spiro atoms. The number of hydrogen-bond donors (Lipinski definition) is 0. The van der Waals surface area contributed by atoms with Crippen LogP contribution < -0.4 is 4.90 Å². The number of hydrogen-bond acceptors (Lipinski definition) is 6. The van der Waals surface area contributed by atoms with Gasteiger partial charge in [-0.25, -0.2) is 14.4 Å². The number of urea groups is 1. The van der Waals surface area contributed by atoms with Gasteiger partial charge in [0.2, 0.25) is 0 Å². The Morgan fingerprint density at radius 3 is 2.25 bits per heavy atom. The Hall–Kier alpha value is -3.88. The third-order valence-electron chi connectivity index (χ3n) is 6.76. The van der Waals surface area contributed by atoms with Gasteiger partial charge in [0.1, 0.15) is 12.1 Å². The van der Waals surface area contributed by atoms with E-state index in [0.29, 0.717) is 43.8 Å². The van der Waals surface area contributed by atoms with Crippen LogP contribution in [0, 0.1) is 0 Å². The zero-order valence-electron chi connectivity index (χ0n) is 20.6. The summed E-state index contributed by atoms with van der Waals surface area (Å²) in [6.45, 7) is 3.15. The lowest BCUT2D eigenvalue weighted by atomic mass is 9.85. The average Bonchev–Trinajstić information content (AvgIpc) is 3.09. The van der Waals surface area contributed by atoms with Crippen molar-refractivity contribution < 1.29 is 28.7 Å². The number of ether oxygens (including phenoxy) is 2. The van der Waals surface area contributed by atoms with Crippen LogP contribution in [0.25, 0.3) is 0 Å². The topological polar surface area (TPSA) is 96.5 Å². The van der Waals surface area contributed by atoms with Crippen molar-refractivity contribution in [3.05, 3.63) is 65.7 Å². The summed E-state index contributed by atoms with van der Waals surface area (Å²) in [7, 11) is 1.47. The molecule has 9 heteroatoms. The molecule has 2 heterocycles. The Morgan fingerprint density at radius 1 is 0.944 bits per heavy atom. The minimum Gasteiger partial charge on any atom is -0.457 e. The average molecular weight is 494 g/mol. The summed E-state index contributed by atoms with van der Waals surface area (Å²) in [6, 6.07) is 15.4. The summed E-state index contributed by atoms with van der Waals surface area (Å²) in [4.78, 5) is 55.4. The van der Waals surface area contributed by atoms with Crippen molar-refractivity contribution in [1.29, 1.82) is 0 Å². The number of rotatable bonds is 7. The summed E-state index contributed by atoms with van der Waals surface area (Å²) in [5, 5.41) is 0. The fourth-order valence-corrected chi connectivity index (χ4v) is 4.63. The molecule has 9 nitrogen and oxygen atoms in total. The van der Waals surface area contributed by atoms with Gasteiger partial charge in [-0.1, -0.05) is 43.7 Å². The number of benzene rings is 2. The van der Waals surface area contributed by atoms with E-state index in [1.807, 2.05) is 37.3 Å². The first-order valence-corrected chi connectivity index (χ1v) is 12.2. The van der Waals surface area contributed by atoms with Gasteiger partial charge in [0.25, 0.3) is 5.91 Å². The number of likely N-dealkylation sites (tertiary alicyclic amines) is 1. The van der Waals surface area contributed by atoms with Crippen LogP contribution in [0.1, 0.15) is 48.5 Å². The second kappa shape index (κ2) is 10.8. The van der Waals surface area contributed by atoms with Gasteiger partial charge in [0.05, 0.1) is 12.2 Å². The van der Waals surface area contributed by atoms with E-state index in [1.54, 1.807) is 29.2 Å². The maximum absolute atomic E-state index is 13.2. The SMILES string of the molecule is CCCCOC(=O)N1CCC2(CC1)C(=O)N(C)C(=O)N2c1ccc(C(=O)OCc2ccccc2)cc1. The number of likely N-dealkylation sites (N-methyl/N-ethyl adjacent to an activating group) is 1. The number of nitrogens with zero attached hydrogens (tertiary/aromatic N) is 3. The summed E-state index contributed by atoms with van der Waals surface area (Å²) in [5.41, 5.74) is 0.659. The molecule has 0 unspecified atom stereocenters. The van der Waals surface area contributed by atoms with Crippen LogP contribution in [0.3, 0.4) is 0 Å². The molecule has 0 radical (unpaired) electrons. The van der Waals surface area contributed by atoms with E-state index in [1.165, 1.54) is 11.9 Å². The van der Waals surface area contributed by atoms with Gasteiger partial charge in [-0.15, -0.1) is 0 Å². The van der Waals surface area contributed by atoms with Crippen molar-refractivity contribution in [3.8, 4) is 0 Å². The zero-order valence-corrected chi connectivity index (χ0v) is 20.6. The van der Waals surface area contributed by atoms with Crippen molar-refractivity contribution in [2.45, 2.75) is 44.8 Å². The van der Waals surface area contributed by atoms with Crippen molar-refractivity contribution in [1.82, 2.24) is 9.80 Å². The molecule has 2 fully saturated rings. The van der Waals surface area contributed by atoms with Gasteiger partial charge in [0.15, 0.2) is 0 Å². The highest BCUT2D eigenvalue weighted by Crippen LogP contribution is 2.40. The lowest BCUT2D eigenvalue weighted by Crippen LogP contribution is -2.57. The van der Waals surface area contributed by atoms with Crippen LogP contribution in [-0.4, -0.2) is 66.1 Å². The van der Waals surface area contributed by atoms with Crippen LogP contribution in [0.15, 0.2) is 54.6 Å². The lowest BCUT2D eigenvalue weighted by Gasteiger charge is -2.41. The predicted octanol–water partition coefficient (Wildman–Crippen LogP) is 4.21. The highest BCUT2D eigenvalue weighted by atomic mass is 16.6. The van der Waals surface area contributed by atoms with Crippen molar-refractivity contribution in [2.24, 2.45) is 0 Å². The van der Waals surface area contributed by atoms with Crippen LogP contribution in [0.4, 0.5) is 15.3 Å². The number of piperidine rings is 1. The summed E-state index contributed by atoms with van der Waals surface area (Å²) in [6.07, 6.45) is 1.92. The fourth-order valence-electron chi connectivity index (χ4n) is 4.63. The monoisotopic (exact) mass is 493 g/mol. The Labute approximate surface area is 210 Å². The van der Waals surface area contributed by atoms with Crippen LogP contribution in [0.5, 0.6) is 0 Å². The molecule has 2 aromatic carbocycles. The molecular weight excluding hydrogens is 462 g/mol. The Morgan fingerprint density at radius 2 is 1.61 bits per heavy atom. The van der Waals surface area contributed by atoms with E-state index in [0.717, 1.165) is 23.3 Å². The number of carbonyl (C=O) groups is 4. The maximum Gasteiger partial charge on any atom is 0.409 e. The standard InChI is InChI=1S/C27H31N3O6/c1-3-4-18-35-26(34)29-16-14-27(15-17-29)24(32)28(2)25(33)30(27)22-12-10-21(11-13-22)23(31)36-19-20-8-6-5-7-9-20/h5-13H,3-4,14-19H2,1-2H3. The molecule has 4 rings (SSSR count). The largest absolute Gasteiger partial charge is 0.457 e. The predicted molar refractivity (Wildman–Crippen MR) is 132 cm³/mol. The van der Waals surface area contributed by atoms with E-state index >= 15 is 0 Å². The second-order valence-electron chi connectivity index (χ2n) is 9.08. The smallest absolute Gasteiger partial charge is 0.409 e. The third-order valence-corrected chi connectivity index (χ3v) is 6.76. The molecule has 2 saturated heterocycles. The number of amides is 4. The molecular formula is C27H31N3O6. The van der Waals surface area contributed by atoms with Crippen molar-refractivity contribution in [3.63, 3.8) is 0 Å². The molecule has 0 saturated carbocycles. The van der Waals surface area contributed by atoms with E-state index in [-0.39, 0.29) is 12.5 Å². The van der Waals surface area contributed by atoms with Crippen LogP contribution in [-0.2, 0) is 20.9 Å². The van der Waals surface area contributed by atoms with Crippen molar-refractivity contribution >= 4 is 29.7 Å². The first-order valence-electron chi connectivity index (χ1n) is 12.2. The Kier molecular flexibility index (Phi) is 7.57. The molecule has 0 N–H and O–H groups in total. The van der Waals surface area contributed by atoms with Crippen molar-refractivity contribution in [2.75, 3.05) is 31.6 Å². The van der Waals surface area contributed by atoms with Gasteiger partial charge < -0.3 is 14.4 Å². The first-order chi connectivity index (χ1) is 17.4. The van der Waals surface area contributed by atoms with Crippen LogP contribution in [0.2, 0.25) is 0 Å². The third kappa shape index (κ3) is 4.91. The molecule has 0 bridgehead atoms. The summed E-state index contributed by atoms with van der Waals surface area (Å²) >= 11 is 0. The molecule has 0 aromatic heterocycles. The molecule has 2 aromatic rings.